The van der Waals surface area contributed by atoms with Crippen molar-refractivity contribution in [2.75, 3.05) is 14.2 Å². The zero-order valence-corrected chi connectivity index (χ0v) is 15.6. The van der Waals surface area contributed by atoms with E-state index in [0.717, 1.165) is 22.0 Å². The molecule has 0 saturated carbocycles. The zero-order valence-electron chi connectivity index (χ0n) is 15.6. The number of carbonyl (C=O) groups excluding carboxylic acids is 2. The van der Waals surface area contributed by atoms with Gasteiger partial charge in [-0.3, -0.25) is 19.0 Å². The second-order valence-corrected chi connectivity index (χ2v) is 6.95. The summed E-state index contributed by atoms with van der Waals surface area (Å²) in [5.41, 5.74) is 0.497. The van der Waals surface area contributed by atoms with E-state index < -0.39 is 17.4 Å². The highest BCUT2D eigenvalue weighted by Gasteiger charge is 2.52. The van der Waals surface area contributed by atoms with Crippen molar-refractivity contribution < 1.29 is 19.1 Å². The molecule has 3 aromatic rings. The first-order valence-electron chi connectivity index (χ1n) is 8.89. The number of fused-ring (bicyclic) bond motifs is 2. The van der Waals surface area contributed by atoms with E-state index in [9.17, 15) is 14.4 Å². The highest BCUT2D eigenvalue weighted by atomic mass is 16.5. The Morgan fingerprint density at radius 3 is 2.29 bits per heavy atom. The van der Waals surface area contributed by atoms with Gasteiger partial charge in [0.1, 0.15) is 0 Å². The Hall–Kier alpha value is -3.41. The van der Waals surface area contributed by atoms with Crippen molar-refractivity contribution in [2.45, 2.75) is 12.8 Å². The Bertz CT molecular complexity index is 1140. The highest BCUT2D eigenvalue weighted by molar-refractivity contribution is 6.01. The minimum Gasteiger partial charge on any atom is -0.468 e. The molecular formula is C22H19NO5. The number of aromatic nitrogens is 1. The third kappa shape index (κ3) is 2.60. The molecule has 0 atom stereocenters. The summed E-state index contributed by atoms with van der Waals surface area (Å²) in [5.74, 6) is -1.31. The van der Waals surface area contributed by atoms with E-state index in [0.29, 0.717) is 5.56 Å². The maximum Gasteiger partial charge on any atom is 0.323 e. The van der Waals surface area contributed by atoms with Crippen LogP contribution in [0.2, 0.25) is 0 Å². The highest BCUT2D eigenvalue weighted by Crippen LogP contribution is 2.39. The summed E-state index contributed by atoms with van der Waals surface area (Å²) < 4.78 is 11.3. The van der Waals surface area contributed by atoms with Crippen molar-refractivity contribution in [1.29, 1.82) is 0 Å². The summed E-state index contributed by atoms with van der Waals surface area (Å²) in [6.07, 6.45) is 1.94. The molecule has 0 aliphatic heterocycles. The number of benzene rings is 2. The van der Waals surface area contributed by atoms with Crippen molar-refractivity contribution in [3.05, 3.63) is 76.2 Å². The van der Waals surface area contributed by atoms with Crippen molar-refractivity contribution in [1.82, 2.24) is 4.57 Å². The molecule has 1 aromatic heterocycles. The van der Waals surface area contributed by atoms with E-state index in [2.05, 4.69) is 0 Å². The Balaban J connectivity index is 1.86. The molecule has 0 amide bonds. The molecule has 2 aromatic carbocycles. The molecule has 142 valence electrons. The van der Waals surface area contributed by atoms with E-state index in [1.165, 1.54) is 20.3 Å². The molecular weight excluding hydrogens is 358 g/mol. The summed E-state index contributed by atoms with van der Waals surface area (Å²) in [6, 6.07) is 15.0. The van der Waals surface area contributed by atoms with E-state index in [1.54, 1.807) is 10.8 Å². The third-order valence-corrected chi connectivity index (χ3v) is 5.40. The van der Waals surface area contributed by atoms with Crippen LogP contribution in [0.15, 0.2) is 59.5 Å². The maximum atomic E-state index is 12.8. The lowest BCUT2D eigenvalue weighted by atomic mass is 9.85. The van der Waals surface area contributed by atoms with Crippen molar-refractivity contribution in [3.63, 3.8) is 0 Å². The molecule has 6 heteroatoms. The maximum absolute atomic E-state index is 12.8. The van der Waals surface area contributed by atoms with Crippen LogP contribution in [0, 0.1) is 5.41 Å². The summed E-state index contributed by atoms with van der Waals surface area (Å²) in [4.78, 5) is 37.7. The number of pyridine rings is 1. The Morgan fingerprint density at radius 1 is 0.929 bits per heavy atom. The van der Waals surface area contributed by atoms with Gasteiger partial charge in [0.05, 0.1) is 19.9 Å². The lowest BCUT2D eigenvalue weighted by Gasteiger charge is -2.22. The van der Waals surface area contributed by atoms with E-state index in [4.69, 9.17) is 9.47 Å². The monoisotopic (exact) mass is 377 g/mol. The van der Waals surface area contributed by atoms with Crippen LogP contribution in [0.3, 0.4) is 0 Å². The lowest BCUT2D eigenvalue weighted by Crippen LogP contribution is -2.42. The summed E-state index contributed by atoms with van der Waals surface area (Å²) in [7, 11) is 2.48. The predicted octanol–water partition coefficient (Wildman–Crippen LogP) is 2.42. The Labute approximate surface area is 161 Å². The molecule has 0 N–H and O–H groups in total. The first-order valence-corrected chi connectivity index (χ1v) is 8.89. The minimum absolute atomic E-state index is 0.0906. The SMILES string of the molecule is COC(=O)C1(C(=O)OC)Cc2cc(=O)n(-c3cccc4ccccc34)cc2C1. The first kappa shape index (κ1) is 18.0. The van der Waals surface area contributed by atoms with Gasteiger partial charge in [0, 0.05) is 30.5 Å². The number of methoxy groups -OCH3 is 2. The molecule has 6 nitrogen and oxygen atoms in total. The smallest absolute Gasteiger partial charge is 0.323 e. The van der Waals surface area contributed by atoms with Crippen LogP contribution in [-0.2, 0) is 31.9 Å². The van der Waals surface area contributed by atoms with Gasteiger partial charge in [0.15, 0.2) is 5.41 Å². The Morgan fingerprint density at radius 2 is 1.57 bits per heavy atom. The van der Waals surface area contributed by atoms with Gasteiger partial charge in [-0.1, -0.05) is 36.4 Å². The minimum atomic E-state index is -1.45. The van der Waals surface area contributed by atoms with Crippen LogP contribution in [0.4, 0.5) is 0 Å². The molecule has 0 bridgehead atoms. The largest absolute Gasteiger partial charge is 0.468 e. The standard InChI is InChI=1S/C22H19NO5/c1-27-20(25)22(21(26)28-2)11-15-10-19(24)23(13-16(15)12-22)18-9-5-7-14-6-3-4-8-17(14)18/h3-10,13H,11-12H2,1-2H3. The lowest BCUT2D eigenvalue weighted by molar-refractivity contribution is -0.168. The zero-order chi connectivity index (χ0) is 19.9. The van der Waals surface area contributed by atoms with Gasteiger partial charge >= 0.3 is 11.9 Å². The van der Waals surface area contributed by atoms with Crippen LogP contribution >= 0.6 is 0 Å². The quantitative estimate of drug-likeness (QED) is 0.518. The molecule has 0 radical (unpaired) electrons. The van der Waals surface area contributed by atoms with E-state index in [-0.39, 0.29) is 18.4 Å². The van der Waals surface area contributed by atoms with Gasteiger partial charge in [-0.15, -0.1) is 0 Å². The number of carbonyl (C=O) groups is 2. The number of hydrogen-bond acceptors (Lipinski definition) is 5. The van der Waals surface area contributed by atoms with Crippen LogP contribution in [-0.4, -0.2) is 30.7 Å². The van der Waals surface area contributed by atoms with E-state index >= 15 is 0 Å². The molecule has 1 aliphatic carbocycles. The van der Waals surface area contributed by atoms with Crippen LogP contribution < -0.4 is 5.56 Å². The number of esters is 2. The topological polar surface area (TPSA) is 74.6 Å². The average molecular weight is 377 g/mol. The van der Waals surface area contributed by atoms with E-state index in [1.807, 2.05) is 42.5 Å². The van der Waals surface area contributed by atoms with Gasteiger partial charge in [0.25, 0.3) is 5.56 Å². The van der Waals surface area contributed by atoms with Gasteiger partial charge in [-0.25, -0.2) is 0 Å². The number of rotatable bonds is 3. The fraction of sp³-hybridized carbons (Fsp3) is 0.227. The number of hydrogen-bond donors (Lipinski definition) is 0. The molecule has 0 spiro atoms. The van der Waals surface area contributed by atoms with Crippen molar-refractivity contribution >= 4 is 22.7 Å². The summed E-state index contributed by atoms with van der Waals surface area (Å²) >= 11 is 0. The molecule has 0 saturated heterocycles. The number of nitrogens with zero attached hydrogens (tertiary/aromatic N) is 1. The molecule has 0 fully saturated rings. The first-order chi connectivity index (χ1) is 13.5. The van der Waals surface area contributed by atoms with Crippen LogP contribution in [0.1, 0.15) is 11.1 Å². The predicted molar refractivity (Wildman–Crippen MR) is 103 cm³/mol. The molecule has 4 rings (SSSR count). The van der Waals surface area contributed by atoms with Crippen molar-refractivity contribution in [2.24, 2.45) is 5.41 Å². The number of ether oxygens (including phenoxy) is 2. The second-order valence-electron chi connectivity index (χ2n) is 6.95. The van der Waals surface area contributed by atoms with Crippen LogP contribution in [0.5, 0.6) is 0 Å². The van der Waals surface area contributed by atoms with Gasteiger partial charge in [-0.05, 0) is 22.6 Å². The van der Waals surface area contributed by atoms with Gasteiger partial charge < -0.3 is 9.47 Å². The Kier molecular flexibility index (Phi) is 4.26. The fourth-order valence-electron chi connectivity index (χ4n) is 4.02. The molecule has 1 aliphatic rings. The summed E-state index contributed by atoms with van der Waals surface area (Å²) in [6.45, 7) is 0. The van der Waals surface area contributed by atoms with Gasteiger partial charge in [-0.2, -0.15) is 0 Å². The molecule has 1 heterocycles. The fourth-order valence-corrected chi connectivity index (χ4v) is 4.02. The van der Waals surface area contributed by atoms with Gasteiger partial charge in [0.2, 0.25) is 0 Å². The average Bonchev–Trinajstić information content (AvgIpc) is 3.11. The van der Waals surface area contributed by atoms with Crippen molar-refractivity contribution in [3.8, 4) is 5.69 Å². The van der Waals surface area contributed by atoms with Crippen LogP contribution in [0.25, 0.3) is 16.5 Å². The second kappa shape index (κ2) is 6.64. The summed E-state index contributed by atoms with van der Waals surface area (Å²) in [5, 5.41) is 1.96. The molecule has 28 heavy (non-hydrogen) atoms. The third-order valence-electron chi connectivity index (χ3n) is 5.40. The normalized spacial score (nSPS) is 14.5. The molecule has 0 unspecified atom stereocenters.